The van der Waals surface area contributed by atoms with Gasteiger partial charge < -0.3 is 5.21 Å². The van der Waals surface area contributed by atoms with E-state index in [4.69, 9.17) is 0 Å². The van der Waals surface area contributed by atoms with Crippen LogP contribution in [0.5, 0.6) is 0 Å². The minimum absolute atomic E-state index is 0.253. The van der Waals surface area contributed by atoms with E-state index in [1.807, 2.05) is 0 Å². The lowest BCUT2D eigenvalue weighted by Crippen LogP contribution is -2.07. The first-order valence-electron chi connectivity index (χ1n) is 5.61. The SMILES string of the molecule is [O-][N+](=Nc1c(F)c(F)cc(F)c1F)c1c(F)c(F)c(F)c(F)c1F. The normalized spacial score (nSPS) is 12.0. The Balaban J connectivity index is 2.76. The lowest BCUT2D eigenvalue weighted by atomic mass is 10.2. The van der Waals surface area contributed by atoms with Gasteiger partial charge in [0.1, 0.15) is 0 Å². The minimum atomic E-state index is -2.62. The van der Waals surface area contributed by atoms with Crippen LogP contribution < -0.4 is 0 Å². The summed E-state index contributed by atoms with van der Waals surface area (Å²) in [6, 6.07) is -0.253. The zero-order valence-electron chi connectivity index (χ0n) is 10.8. The van der Waals surface area contributed by atoms with E-state index in [-0.39, 0.29) is 6.07 Å². The summed E-state index contributed by atoms with van der Waals surface area (Å²) in [5.41, 5.74) is -4.19. The number of benzene rings is 2. The molecular weight excluding hydrogens is 359 g/mol. The highest BCUT2D eigenvalue weighted by molar-refractivity contribution is 5.41. The average molecular weight is 360 g/mol. The summed E-state index contributed by atoms with van der Waals surface area (Å²) < 4.78 is 118. The summed E-state index contributed by atoms with van der Waals surface area (Å²) in [5, 5.41) is 13.7. The summed E-state index contributed by atoms with van der Waals surface area (Å²) in [4.78, 5) is -1.39. The third kappa shape index (κ3) is 2.63. The highest BCUT2D eigenvalue weighted by Gasteiger charge is 2.33. The van der Waals surface area contributed by atoms with Crippen LogP contribution in [0.25, 0.3) is 0 Å². The van der Waals surface area contributed by atoms with Crippen LogP contribution in [0, 0.1) is 57.6 Å². The Kier molecular flexibility index (Phi) is 4.40. The van der Waals surface area contributed by atoms with Crippen molar-refractivity contribution >= 4 is 11.4 Å². The van der Waals surface area contributed by atoms with Crippen LogP contribution >= 0.6 is 0 Å². The molecule has 0 aliphatic carbocycles. The maximum absolute atomic E-state index is 13.4. The maximum atomic E-state index is 13.4. The van der Waals surface area contributed by atoms with Crippen molar-refractivity contribution < 1.29 is 44.4 Å². The molecule has 128 valence electrons. The first-order chi connectivity index (χ1) is 11.1. The Morgan fingerprint density at radius 1 is 0.625 bits per heavy atom. The quantitative estimate of drug-likeness (QED) is 0.188. The van der Waals surface area contributed by atoms with E-state index < -0.39 is 68.6 Å². The zero-order chi connectivity index (χ0) is 18.3. The molecule has 0 unspecified atom stereocenters. The fourth-order valence-electron chi connectivity index (χ4n) is 1.55. The molecule has 3 nitrogen and oxygen atoms in total. The van der Waals surface area contributed by atoms with Gasteiger partial charge in [0.15, 0.2) is 23.3 Å². The number of azo groups is 1. The number of hydrogen-bond donors (Lipinski definition) is 0. The van der Waals surface area contributed by atoms with E-state index in [1.54, 1.807) is 0 Å². The molecule has 0 fully saturated rings. The van der Waals surface area contributed by atoms with Crippen LogP contribution in [0.4, 0.5) is 50.9 Å². The second-order valence-corrected chi connectivity index (χ2v) is 4.11. The maximum Gasteiger partial charge on any atom is 0.322 e. The van der Waals surface area contributed by atoms with Gasteiger partial charge in [0.05, 0.1) is 0 Å². The smallest absolute Gasteiger partial charge is 0.322 e. The number of nitrogens with zero attached hydrogens (tertiary/aromatic N) is 2. The predicted octanol–water partition coefficient (Wildman–Crippen LogP) is 4.86. The molecule has 0 aliphatic rings. The Bertz CT molecular complexity index is 827. The zero-order valence-corrected chi connectivity index (χ0v) is 10.8. The van der Waals surface area contributed by atoms with E-state index in [1.165, 1.54) is 0 Å². The van der Waals surface area contributed by atoms with Crippen molar-refractivity contribution in [2.24, 2.45) is 5.11 Å². The predicted molar refractivity (Wildman–Crippen MR) is 57.9 cm³/mol. The second kappa shape index (κ2) is 6.02. The molecule has 0 saturated carbocycles. The molecule has 0 bridgehead atoms. The molecule has 2 aromatic rings. The molecular formula is C12HF9N2O. The van der Waals surface area contributed by atoms with Crippen LogP contribution in [0.3, 0.4) is 0 Å². The standard InChI is InChI=1S/C12HF9N2O/c13-2-1-3(14)5(16)11(4(2)15)22-23(24)12-9(20)7(18)6(17)8(19)10(12)21/h1H. The summed E-state index contributed by atoms with van der Waals surface area (Å²) in [6.07, 6.45) is 0. The highest BCUT2D eigenvalue weighted by Crippen LogP contribution is 2.32. The van der Waals surface area contributed by atoms with E-state index in [0.29, 0.717) is 0 Å². The monoisotopic (exact) mass is 360 g/mol. The van der Waals surface area contributed by atoms with Gasteiger partial charge in [-0.15, -0.1) is 0 Å². The molecule has 0 radical (unpaired) electrons. The van der Waals surface area contributed by atoms with E-state index >= 15 is 0 Å². The lowest BCUT2D eigenvalue weighted by Gasteiger charge is -2.06. The van der Waals surface area contributed by atoms with E-state index in [0.717, 1.165) is 0 Å². The number of halogens is 9. The van der Waals surface area contributed by atoms with Crippen molar-refractivity contribution in [3.05, 3.63) is 63.6 Å². The van der Waals surface area contributed by atoms with Gasteiger partial charge in [-0.25, -0.2) is 30.7 Å². The third-order valence-electron chi connectivity index (χ3n) is 2.66. The Morgan fingerprint density at radius 2 is 1.00 bits per heavy atom. The van der Waals surface area contributed by atoms with Gasteiger partial charge in [0.2, 0.25) is 34.8 Å². The van der Waals surface area contributed by atoms with Gasteiger partial charge in [-0.1, -0.05) is 0 Å². The largest absolute Gasteiger partial charge is 0.594 e. The summed E-state index contributed by atoms with van der Waals surface area (Å²) in [6.45, 7) is 0. The number of rotatable bonds is 2. The van der Waals surface area contributed by atoms with Crippen molar-refractivity contribution in [3.8, 4) is 0 Å². The topological polar surface area (TPSA) is 38.4 Å². The molecule has 0 saturated heterocycles. The Hall–Kier alpha value is -2.79. The lowest BCUT2D eigenvalue weighted by molar-refractivity contribution is -0.441. The fraction of sp³-hybridized carbons (Fsp3) is 0. The Morgan fingerprint density at radius 3 is 1.42 bits per heavy atom. The highest BCUT2D eigenvalue weighted by atomic mass is 19.2. The second-order valence-electron chi connectivity index (χ2n) is 4.11. The molecule has 0 aliphatic heterocycles. The van der Waals surface area contributed by atoms with Crippen molar-refractivity contribution in [2.75, 3.05) is 0 Å². The molecule has 24 heavy (non-hydrogen) atoms. The number of hydrogen-bond acceptors (Lipinski definition) is 2. The van der Waals surface area contributed by atoms with Crippen molar-refractivity contribution in [3.63, 3.8) is 0 Å². The molecule has 2 rings (SSSR count). The molecule has 0 heterocycles. The molecule has 0 N–H and O–H groups in total. The van der Waals surface area contributed by atoms with E-state index in [9.17, 15) is 44.7 Å². The molecule has 0 aromatic heterocycles. The van der Waals surface area contributed by atoms with Gasteiger partial charge in [-0.05, 0) is 4.86 Å². The molecule has 0 atom stereocenters. The van der Waals surface area contributed by atoms with Crippen LogP contribution in [-0.4, -0.2) is 4.86 Å². The van der Waals surface area contributed by atoms with Gasteiger partial charge in [-0.3, -0.25) is 0 Å². The van der Waals surface area contributed by atoms with Crippen molar-refractivity contribution in [1.29, 1.82) is 0 Å². The molecule has 2 aromatic carbocycles. The minimum Gasteiger partial charge on any atom is -0.594 e. The summed E-state index contributed by atoms with van der Waals surface area (Å²) in [7, 11) is 0. The first kappa shape index (κ1) is 17.6. The average Bonchev–Trinajstić information content (AvgIpc) is 2.53. The first-order valence-corrected chi connectivity index (χ1v) is 5.61. The van der Waals surface area contributed by atoms with Crippen molar-refractivity contribution in [2.45, 2.75) is 0 Å². The summed E-state index contributed by atoms with van der Waals surface area (Å²) >= 11 is 0. The van der Waals surface area contributed by atoms with E-state index in [2.05, 4.69) is 5.11 Å². The van der Waals surface area contributed by atoms with Crippen LogP contribution in [0.15, 0.2) is 11.2 Å². The van der Waals surface area contributed by atoms with Gasteiger partial charge in [0.25, 0.3) is 0 Å². The van der Waals surface area contributed by atoms with Crippen molar-refractivity contribution in [1.82, 2.24) is 0 Å². The summed E-state index contributed by atoms with van der Waals surface area (Å²) in [5.74, 6) is -21.5. The van der Waals surface area contributed by atoms with Gasteiger partial charge in [-0.2, -0.15) is 8.78 Å². The molecule has 12 heteroatoms. The van der Waals surface area contributed by atoms with Gasteiger partial charge in [0, 0.05) is 11.2 Å². The van der Waals surface area contributed by atoms with Crippen LogP contribution in [0.2, 0.25) is 0 Å². The Labute approximate surface area is 125 Å². The fourth-order valence-corrected chi connectivity index (χ4v) is 1.55. The van der Waals surface area contributed by atoms with Crippen LogP contribution in [-0.2, 0) is 0 Å². The third-order valence-corrected chi connectivity index (χ3v) is 2.66. The van der Waals surface area contributed by atoms with Gasteiger partial charge >= 0.3 is 5.69 Å². The van der Waals surface area contributed by atoms with Crippen LogP contribution in [0.1, 0.15) is 0 Å². The molecule has 0 amide bonds. The molecule has 0 spiro atoms.